The molecule has 28 nitrogen and oxygen atoms in total. The Balaban J connectivity index is 0.681. The number of Topliss-reactive ketones (excluding diaryl/α,β-unsaturated/α-hetero) is 1. The van der Waals surface area contributed by atoms with Crippen LogP contribution in [0.25, 0.3) is 0 Å². The van der Waals surface area contributed by atoms with Crippen LogP contribution in [0.3, 0.4) is 0 Å². The van der Waals surface area contributed by atoms with E-state index >= 15 is 0 Å². The van der Waals surface area contributed by atoms with Crippen LogP contribution in [0.15, 0.2) is 36.4 Å². The van der Waals surface area contributed by atoms with E-state index in [1.165, 1.54) is 0 Å². The Kier molecular flexibility index (Phi) is 30.4. The summed E-state index contributed by atoms with van der Waals surface area (Å²) >= 11 is 0. The number of aliphatic hydroxyl groups is 1. The summed E-state index contributed by atoms with van der Waals surface area (Å²) in [5.74, 6) is -2.66. The first-order chi connectivity index (χ1) is 45.4. The molecule has 530 valence electrons. The highest BCUT2D eigenvalue weighted by molar-refractivity contribution is 5.98. The number of hydrogen-bond acceptors (Lipinski definition) is 22. The lowest BCUT2D eigenvalue weighted by atomic mass is 9.86. The summed E-state index contributed by atoms with van der Waals surface area (Å²) in [7, 11) is 0. The maximum Gasteiger partial charge on any atom is 0.407 e. The number of fused-ring (bicyclic) bond motifs is 1. The highest BCUT2D eigenvalue weighted by Crippen LogP contribution is 2.54. The minimum absolute atomic E-state index is 0.0198. The van der Waals surface area contributed by atoms with Crippen LogP contribution in [0, 0.1) is 11.8 Å². The zero-order chi connectivity index (χ0) is 67.0. The Bertz CT molecular complexity index is 2560. The molecule has 17 atom stereocenters. The fourth-order valence-electron chi connectivity index (χ4n) is 13.4. The number of ether oxygens (including phenoxy) is 14. The summed E-state index contributed by atoms with van der Waals surface area (Å²) < 4.78 is 84.2. The van der Waals surface area contributed by atoms with E-state index < -0.39 is 59.9 Å². The lowest BCUT2D eigenvalue weighted by Gasteiger charge is -2.47. The molecule has 8 aliphatic heterocycles. The van der Waals surface area contributed by atoms with Crippen molar-refractivity contribution >= 4 is 41.3 Å². The van der Waals surface area contributed by atoms with E-state index in [0.29, 0.717) is 116 Å². The van der Waals surface area contributed by atoms with Crippen molar-refractivity contribution in [1.29, 1.82) is 0 Å². The number of nitrogens with one attached hydrogen (secondary N) is 5. The van der Waals surface area contributed by atoms with E-state index in [0.717, 1.165) is 31.3 Å². The minimum Gasteiger partial charge on any atom is -0.445 e. The average molecular weight is 1330 g/mol. The topological polar surface area (TPSA) is 364 Å². The van der Waals surface area contributed by atoms with E-state index in [-0.39, 0.29) is 150 Å². The number of nitrogens with two attached hydrogens (primary N) is 2. The second-order valence-electron chi connectivity index (χ2n) is 25.8. The van der Waals surface area contributed by atoms with Crippen molar-refractivity contribution in [2.45, 2.75) is 221 Å². The number of primary amides is 1. The van der Waals surface area contributed by atoms with Gasteiger partial charge < -0.3 is 109 Å². The van der Waals surface area contributed by atoms with Crippen LogP contribution in [0.5, 0.6) is 0 Å². The molecule has 5 unspecified atom stereocenters. The van der Waals surface area contributed by atoms with Gasteiger partial charge in [-0.15, -0.1) is 0 Å². The number of amides is 6. The van der Waals surface area contributed by atoms with E-state index in [2.05, 4.69) is 40.1 Å². The third-order valence-corrected chi connectivity index (χ3v) is 18.2. The van der Waals surface area contributed by atoms with Crippen LogP contribution in [0.1, 0.15) is 123 Å². The molecule has 6 amide bonds. The van der Waals surface area contributed by atoms with Crippen LogP contribution >= 0.6 is 0 Å². The lowest BCUT2D eigenvalue weighted by Crippen LogP contribution is -2.61. The normalized spacial score (nSPS) is 29.1. The van der Waals surface area contributed by atoms with Crippen LogP contribution in [-0.2, 0) is 92.1 Å². The molecule has 94 heavy (non-hydrogen) atoms. The SMILES string of the molecule is C=C1CC(CC[C@@]23C[C@H]4OC5C(O[C@H]6CC[C@H](CC(=O)C[C@@H]7C[C@@H](C[C@H](O)CNC(=O)OCc8ccc(NC(=O)[C@H](CCCNC(N)=O)NC(=O)[C@@H](NC(=O)CCOCCOCCOCCOCCOCCOCCN)C(C)C)cc8)O[C@H]7C)OC6[C@@H]5O2)[C@H]4O3)OC1CC. The summed E-state index contributed by atoms with van der Waals surface area (Å²) in [6.07, 6.45) is 2.98. The van der Waals surface area contributed by atoms with E-state index in [1.807, 2.05) is 6.92 Å². The van der Waals surface area contributed by atoms with E-state index in [9.17, 15) is 33.9 Å². The molecule has 10 N–H and O–H groups in total. The second-order valence-corrected chi connectivity index (χ2v) is 25.8. The predicted octanol–water partition coefficient (Wildman–Crippen LogP) is 3.14. The number of carbonyl (C=O) groups is 6. The number of anilines is 1. The highest BCUT2D eigenvalue weighted by Gasteiger charge is 2.68. The van der Waals surface area contributed by atoms with Gasteiger partial charge in [0.2, 0.25) is 17.7 Å². The van der Waals surface area contributed by atoms with Crippen molar-refractivity contribution in [2.75, 3.05) is 104 Å². The quantitative estimate of drug-likeness (QED) is 0.0344. The van der Waals surface area contributed by atoms with Crippen LogP contribution in [-0.4, -0.2) is 237 Å². The molecule has 28 heteroatoms. The molecule has 0 aromatic heterocycles. The predicted molar refractivity (Wildman–Crippen MR) is 339 cm³/mol. The number of rotatable bonds is 44. The fraction of sp³-hybridized carbons (Fsp3) is 0.788. The molecule has 0 spiro atoms. The molecular formula is C66H105N7O21. The van der Waals surface area contributed by atoms with Gasteiger partial charge in [-0.2, -0.15) is 0 Å². The van der Waals surface area contributed by atoms with Crippen LogP contribution in [0.2, 0.25) is 0 Å². The molecule has 6 bridgehead atoms. The number of carbonyl (C=O) groups excluding carboxylic acids is 6. The van der Waals surface area contributed by atoms with Gasteiger partial charge in [0, 0.05) is 63.8 Å². The van der Waals surface area contributed by atoms with Crippen molar-refractivity contribution < 1.29 is 100 Å². The van der Waals surface area contributed by atoms with Crippen molar-refractivity contribution in [3.8, 4) is 0 Å². The van der Waals surface area contributed by atoms with Gasteiger partial charge in [0.25, 0.3) is 0 Å². The molecular weight excluding hydrogens is 1230 g/mol. The Morgan fingerprint density at radius 1 is 0.723 bits per heavy atom. The van der Waals surface area contributed by atoms with E-state index in [4.69, 9.17) is 77.8 Å². The first kappa shape index (κ1) is 74.8. The first-order valence-electron chi connectivity index (χ1n) is 34.0. The van der Waals surface area contributed by atoms with E-state index in [1.54, 1.807) is 38.1 Å². The zero-order valence-electron chi connectivity index (χ0n) is 55.3. The third kappa shape index (κ3) is 23.1. The molecule has 8 aliphatic rings. The summed E-state index contributed by atoms with van der Waals surface area (Å²) in [5.41, 5.74) is 12.7. The molecule has 8 saturated heterocycles. The maximum absolute atomic E-state index is 13.7. The molecule has 0 aliphatic carbocycles. The number of alkyl carbamates (subject to hydrolysis) is 1. The Hall–Kier alpha value is -5.02. The number of ketones is 1. The third-order valence-electron chi connectivity index (χ3n) is 18.2. The van der Waals surface area contributed by atoms with Gasteiger partial charge in [-0.25, -0.2) is 9.59 Å². The molecule has 8 fully saturated rings. The average Bonchev–Trinajstić information content (AvgIpc) is 1.61. The van der Waals surface area contributed by atoms with Gasteiger partial charge in [0.1, 0.15) is 55.0 Å². The number of benzene rings is 1. The molecule has 9 rings (SSSR count). The van der Waals surface area contributed by atoms with Gasteiger partial charge in [-0.05, 0) is 93.4 Å². The van der Waals surface area contributed by atoms with Gasteiger partial charge in [-0.3, -0.25) is 19.2 Å². The standard InChI is InChI=1S/C66H105N7O21/c1-6-52-41(4)32-49(89-52)15-17-66-37-54-58(93-66)59-60(92-54)61(94-66)57-53(91-59)14-13-48(90-57)35-46(74)33-44-34-50(88-42(44)5)36-47(75)38-70-65(80)87-39-43-9-11-45(12-10-43)71-62(77)51(8-7-19-69-64(68)79)72-63(78)56(40(2)3)73-55(76)16-20-81-22-24-83-26-28-85-30-31-86-29-27-84-25-23-82-21-18-67/h9-12,40,42,44,47-54,56-61,75H,4,6-8,13-39,67H2,1-3,5H3,(H,70,80)(H,71,77)(H,72,78)(H,73,76)(H3,68,69,79)/t42-,44+,47-,48+,49?,50-,51-,52?,53-,54+,56-,57?,58-,59?,60?,61-,66-/m0/s1. The van der Waals surface area contributed by atoms with Gasteiger partial charge in [0.15, 0.2) is 5.79 Å². The Labute approximate surface area is 551 Å². The molecule has 0 saturated carbocycles. The highest BCUT2D eigenvalue weighted by atomic mass is 16.8. The maximum atomic E-state index is 13.7. The summed E-state index contributed by atoms with van der Waals surface area (Å²) in [6.45, 7) is 16.9. The molecule has 1 aromatic rings. The zero-order valence-corrected chi connectivity index (χ0v) is 55.3. The summed E-state index contributed by atoms with van der Waals surface area (Å²) in [4.78, 5) is 78.2. The smallest absolute Gasteiger partial charge is 0.407 e. The number of urea groups is 1. The van der Waals surface area contributed by atoms with Crippen molar-refractivity contribution in [3.05, 3.63) is 42.0 Å². The van der Waals surface area contributed by atoms with Crippen molar-refractivity contribution in [2.24, 2.45) is 23.3 Å². The largest absolute Gasteiger partial charge is 0.445 e. The fourth-order valence-corrected chi connectivity index (χ4v) is 13.4. The van der Waals surface area contributed by atoms with Crippen LogP contribution < -0.4 is 38.1 Å². The monoisotopic (exact) mass is 1330 g/mol. The van der Waals surface area contributed by atoms with Gasteiger partial charge >= 0.3 is 12.1 Å². The Morgan fingerprint density at radius 2 is 1.37 bits per heavy atom. The van der Waals surface area contributed by atoms with Gasteiger partial charge in [0.05, 0.1) is 128 Å². The van der Waals surface area contributed by atoms with Crippen molar-refractivity contribution in [1.82, 2.24) is 21.3 Å². The van der Waals surface area contributed by atoms with Crippen molar-refractivity contribution in [3.63, 3.8) is 0 Å². The lowest BCUT2D eigenvalue weighted by molar-refractivity contribution is -0.292. The molecule has 1 aromatic carbocycles. The number of hydrogen-bond donors (Lipinski definition) is 8. The van der Waals surface area contributed by atoms with Gasteiger partial charge in [-0.1, -0.05) is 39.5 Å². The first-order valence-corrected chi connectivity index (χ1v) is 34.0. The second kappa shape index (κ2) is 38.2. The Morgan fingerprint density at radius 3 is 2.02 bits per heavy atom. The molecule has 8 heterocycles. The number of aliphatic hydroxyl groups excluding tert-OH is 1. The molecule has 0 radical (unpaired) electrons. The summed E-state index contributed by atoms with van der Waals surface area (Å²) in [5, 5.41) is 24.4. The summed E-state index contributed by atoms with van der Waals surface area (Å²) in [6, 6.07) is 3.76. The minimum atomic E-state index is -1.07. The van der Waals surface area contributed by atoms with Crippen LogP contribution in [0.4, 0.5) is 15.3 Å².